The fraction of sp³-hybridized carbons (Fsp3) is 0.455. The van der Waals surface area contributed by atoms with Crippen LogP contribution in [0.25, 0.3) is 0 Å². The molecule has 2 N–H and O–H groups in total. The molecule has 0 unspecified atom stereocenters. The van der Waals surface area contributed by atoms with Gasteiger partial charge in [0.1, 0.15) is 0 Å². The number of rotatable bonds is 2. The third-order valence-electron chi connectivity index (χ3n) is 2.64. The van der Waals surface area contributed by atoms with Crippen molar-refractivity contribution >= 4 is 23.2 Å². The van der Waals surface area contributed by atoms with Crippen LogP contribution < -0.4 is 10.6 Å². The van der Waals surface area contributed by atoms with Gasteiger partial charge in [-0.1, -0.05) is 18.0 Å². The first kappa shape index (κ1) is 11.4. The number of nitrogens with one attached hydrogen (secondary N) is 2. The van der Waals surface area contributed by atoms with Crippen LogP contribution >= 0.6 is 11.6 Å². The lowest BCUT2D eigenvalue weighted by atomic mass is 10.0. The summed E-state index contributed by atoms with van der Waals surface area (Å²) in [6.07, 6.45) is 4.70. The van der Waals surface area contributed by atoms with E-state index in [-0.39, 0.29) is 11.9 Å². The summed E-state index contributed by atoms with van der Waals surface area (Å²) < 4.78 is 0. The number of nitrogens with zero attached hydrogens (tertiary/aromatic N) is 1. The van der Waals surface area contributed by atoms with Crippen LogP contribution in [0.15, 0.2) is 18.3 Å². The molecule has 0 saturated carbocycles. The first-order valence-corrected chi connectivity index (χ1v) is 5.80. The van der Waals surface area contributed by atoms with E-state index in [4.69, 9.17) is 11.6 Å². The Morgan fingerprint density at radius 3 is 3.12 bits per heavy atom. The molecule has 0 spiro atoms. The van der Waals surface area contributed by atoms with Gasteiger partial charge in [-0.05, 0) is 31.5 Å². The maximum Gasteiger partial charge on any atom is 0.241 e. The summed E-state index contributed by atoms with van der Waals surface area (Å²) in [7, 11) is 0. The number of anilines is 1. The molecule has 1 fully saturated rings. The second-order valence-corrected chi connectivity index (χ2v) is 4.19. The monoisotopic (exact) mass is 239 g/mol. The predicted molar refractivity (Wildman–Crippen MR) is 63.5 cm³/mol. The zero-order valence-corrected chi connectivity index (χ0v) is 9.63. The van der Waals surface area contributed by atoms with E-state index >= 15 is 0 Å². The highest BCUT2D eigenvalue weighted by molar-refractivity contribution is 6.32. The second-order valence-electron chi connectivity index (χ2n) is 3.83. The third-order valence-corrected chi connectivity index (χ3v) is 2.94. The van der Waals surface area contributed by atoms with Crippen molar-refractivity contribution in [1.29, 1.82) is 0 Å². The molecule has 2 rings (SSSR count). The molecule has 1 amide bonds. The molecule has 5 heteroatoms. The van der Waals surface area contributed by atoms with Crippen LogP contribution in [0, 0.1) is 0 Å². The minimum absolute atomic E-state index is 0.0328. The first-order valence-electron chi connectivity index (χ1n) is 5.42. The second kappa shape index (κ2) is 5.27. The van der Waals surface area contributed by atoms with E-state index in [2.05, 4.69) is 15.6 Å². The van der Waals surface area contributed by atoms with Crippen molar-refractivity contribution in [2.75, 3.05) is 11.9 Å². The third kappa shape index (κ3) is 2.71. The van der Waals surface area contributed by atoms with Crippen LogP contribution in [0.5, 0.6) is 0 Å². The van der Waals surface area contributed by atoms with Crippen LogP contribution in [0.3, 0.4) is 0 Å². The van der Waals surface area contributed by atoms with Crippen molar-refractivity contribution in [3.8, 4) is 0 Å². The number of carbonyl (C=O) groups excluding carboxylic acids is 1. The number of halogens is 1. The highest BCUT2D eigenvalue weighted by atomic mass is 35.5. The number of piperidine rings is 1. The molecular formula is C11H14ClN3O. The number of hydrogen-bond acceptors (Lipinski definition) is 3. The van der Waals surface area contributed by atoms with Gasteiger partial charge in [-0.15, -0.1) is 0 Å². The normalized spacial score (nSPS) is 20.4. The Morgan fingerprint density at radius 1 is 1.56 bits per heavy atom. The average molecular weight is 240 g/mol. The van der Waals surface area contributed by atoms with Crippen LogP contribution in [-0.4, -0.2) is 23.5 Å². The summed E-state index contributed by atoms with van der Waals surface area (Å²) in [5.41, 5.74) is 0.571. The van der Waals surface area contributed by atoms with Crippen molar-refractivity contribution < 1.29 is 4.79 Å². The lowest BCUT2D eigenvalue weighted by molar-refractivity contribution is -0.118. The molecule has 86 valence electrons. The van der Waals surface area contributed by atoms with Gasteiger partial charge in [-0.25, -0.2) is 4.98 Å². The minimum atomic E-state index is -0.106. The number of hydrogen-bond donors (Lipinski definition) is 2. The van der Waals surface area contributed by atoms with E-state index in [1.54, 1.807) is 18.3 Å². The molecule has 1 aromatic heterocycles. The Labute approximate surface area is 99.4 Å². The summed E-state index contributed by atoms with van der Waals surface area (Å²) in [5.74, 6) is -0.0328. The summed E-state index contributed by atoms with van der Waals surface area (Å²) in [6.45, 7) is 0.902. The molecular weight excluding hydrogens is 226 g/mol. The highest BCUT2D eigenvalue weighted by Crippen LogP contribution is 2.18. The van der Waals surface area contributed by atoms with Gasteiger partial charge in [0.05, 0.1) is 11.7 Å². The van der Waals surface area contributed by atoms with Gasteiger partial charge in [0.2, 0.25) is 5.91 Å². The fourth-order valence-corrected chi connectivity index (χ4v) is 1.94. The van der Waals surface area contributed by atoms with E-state index in [9.17, 15) is 4.79 Å². The highest BCUT2D eigenvalue weighted by Gasteiger charge is 2.20. The molecule has 4 nitrogen and oxygen atoms in total. The Balaban J connectivity index is 1.99. The van der Waals surface area contributed by atoms with Crippen molar-refractivity contribution in [2.45, 2.75) is 25.3 Å². The van der Waals surface area contributed by atoms with Gasteiger partial charge in [-0.2, -0.15) is 0 Å². The molecule has 1 aromatic rings. The van der Waals surface area contributed by atoms with Gasteiger partial charge in [-0.3, -0.25) is 4.79 Å². The van der Waals surface area contributed by atoms with Gasteiger partial charge in [0, 0.05) is 6.20 Å². The summed E-state index contributed by atoms with van der Waals surface area (Å²) in [4.78, 5) is 15.8. The maximum atomic E-state index is 11.9. The molecule has 0 bridgehead atoms. The van der Waals surface area contributed by atoms with Crippen LogP contribution in [0.4, 0.5) is 5.69 Å². The van der Waals surface area contributed by atoms with Crippen molar-refractivity contribution in [1.82, 2.24) is 10.3 Å². The van der Waals surface area contributed by atoms with E-state index in [0.717, 1.165) is 25.8 Å². The Kier molecular flexibility index (Phi) is 3.74. The molecule has 1 aliphatic rings. The number of amides is 1. The molecule has 0 aliphatic carbocycles. The molecule has 0 aromatic carbocycles. The minimum Gasteiger partial charge on any atom is -0.322 e. The quantitative estimate of drug-likeness (QED) is 0.774. The van der Waals surface area contributed by atoms with Crippen molar-refractivity contribution in [3.05, 3.63) is 23.5 Å². The zero-order valence-electron chi connectivity index (χ0n) is 8.87. The van der Waals surface area contributed by atoms with Gasteiger partial charge in [0.25, 0.3) is 0 Å². The Morgan fingerprint density at radius 2 is 2.44 bits per heavy atom. The fourth-order valence-electron chi connectivity index (χ4n) is 1.77. The largest absolute Gasteiger partial charge is 0.322 e. The molecule has 0 radical (unpaired) electrons. The van der Waals surface area contributed by atoms with E-state index in [1.807, 2.05) is 0 Å². The van der Waals surface area contributed by atoms with Gasteiger partial charge < -0.3 is 10.6 Å². The summed E-state index contributed by atoms with van der Waals surface area (Å²) in [5, 5.41) is 6.29. The van der Waals surface area contributed by atoms with E-state index < -0.39 is 0 Å². The number of carbonyl (C=O) groups is 1. The smallest absolute Gasteiger partial charge is 0.241 e. The van der Waals surface area contributed by atoms with Gasteiger partial charge in [0.15, 0.2) is 5.15 Å². The topological polar surface area (TPSA) is 54.0 Å². The molecule has 1 atom stereocenters. The SMILES string of the molecule is O=C(Nc1cccnc1Cl)[C@@H]1CCCCN1. The van der Waals surface area contributed by atoms with Crippen LogP contribution in [-0.2, 0) is 4.79 Å². The zero-order chi connectivity index (χ0) is 11.4. The van der Waals surface area contributed by atoms with E-state index in [0.29, 0.717) is 10.8 Å². The number of aromatic nitrogens is 1. The molecule has 1 aliphatic heterocycles. The maximum absolute atomic E-state index is 11.9. The first-order chi connectivity index (χ1) is 7.77. The summed E-state index contributed by atoms with van der Waals surface area (Å²) >= 11 is 5.86. The predicted octanol–water partition coefficient (Wildman–Crippen LogP) is 1.82. The lowest BCUT2D eigenvalue weighted by Crippen LogP contribution is -2.43. The number of pyridine rings is 1. The average Bonchev–Trinajstić information content (AvgIpc) is 2.33. The summed E-state index contributed by atoms with van der Waals surface area (Å²) in [6, 6.07) is 3.39. The Bertz CT molecular complexity index is 377. The van der Waals surface area contributed by atoms with Crippen molar-refractivity contribution in [2.24, 2.45) is 0 Å². The van der Waals surface area contributed by atoms with Crippen LogP contribution in [0.1, 0.15) is 19.3 Å². The standard InChI is InChI=1S/C11H14ClN3O/c12-10-8(5-3-7-14-10)15-11(16)9-4-1-2-6-13-9/h3,5,7,9,13H,1-2,4,6H2,(H,15,16)/t9-/m0/s1. The Hall–Kier alpha value is -1.13. The molecule has 2 heterocycles. The van der Waals surface area contributed by atoms with Crippen molar-refractivity contribution in [3.63, 3.8) is 0 Å². The molecule has 16 heavy (non-hydrogen) atoms. The van der Waals surface area contributed by atoms with E-state index in [1.165, 1.54) is 0 Å². The lowest BCUT2D eigenvalue weighted by Gasteiger charge is -2.22. The molecule has 1 saturated heterocycles. The van der Waals surface area contributed by atoms with Gasteiger partial charge >= 0.3 is 0 Å². The van der Waals surface area contributed by atoms with Crippen LogP contribution in [0.2, 0.25) is 5.15 Å².